The molecule has 104 valence electrons. The van der Waals surface area contributed by atoms with Gasteiger partial charge in [-0.1, -0.05) is 24.3 Å². The number of non-ortho nitro benzene ring substituents is 1. The number of nitro benzene ring substituents is 1. The van der Waals surface area contributed by atoms with Crippen molar-refractivity contribution in [3.63, 3.8) is 0 Å². The van der Waals surface area contributed by atoms with Crippen molar-refractivity contribution in [1.29, 1.82) is 0 Å². The van der Waals surface area contributed by atoms with Gasteiger partial charge in [0.1, 0.15) is 5.82 Å². The van der Waals surface area contributed by atoms with Crippen molar-refractivity contribution < 1.29 is 9.31 Å². The Bertz CT molecular complexity index is 814. The quantitative estimate of drug-likeness (QED) is 0.545. The van der Waals surface area contributed by atoms with E-state index < -0.39 is 4.92 Å². The Balaban J connectivity index is 2.01. The average molecular weight is 283 g/mol. The van der Waals surface area contributed by atoms with E-state index in [-0.39, 0.29) is 11.5 Å². The predicted molar refractivity (Wildman–Crippen MR) is 75.6 cm³/mol. The minimum absolute atomic E-state index is 0.0181. The highest BCUT2D eigenvalue weighted by molar-refractivity contribution is 5.63. The van der Waals surface area contributed by atoms with Gasteiger partial charge in [-0.25, -0.2) is 9.07 Å². The first kappa shape index (κ1) is 13.0. The molecule has 0 bridgehead atoms. The Morgan fingerprint density at radius 1 is 1.14 bits per heavy atom. The highest BCUT2D eigenvalue weighted by atomic mass is 19.1. The number of nitrogens with zero attached hydrogens (tertiary/aromatic N) is 3. The first-order valence-electron chi connectivity index (χ1n) is 6.19. The number of nitro groups is 1. The number of benzene rings is 2. The van der Waals surface area contributed by atoms with Gasteiger partial charge in [0.2, 0.25) is 0 Å². The molecule has 6 heteroatoms. The third kappa shape index (κ3) is 2.51. The summed E-state index contributed by atoms with van der Waals surface area (Å²) in [6.45, 7) is 0. The summed E-state index contributed by atoms with van der Waals surface area (Å²) in [7, 11) is 0. The molecule has 1 aromatic heterocycles. The molecular formula is C15H10FN3O2. The van der Waals surface area contributed by atoms with Gasteiger partial charge in [0.05, 0.1) is 16.8 Å². The van der Waals surface area contributed by atoms with Crippen LogP contribution in [0.25, 0.3) is 16.8 Å². The maximum atomic E-state index is 13.7. The molecule has 0 fully saturated rings. The van der Waals surface area contributed by atoms with Crippen molar-refractivity contribution in [3.05, 3.63) is 76.9 Å². The van der Waals surface area contributed by atoms with E-state index in [1.165, 1.54) is 29.1 Å². The summed E-state index contributed by atoms with van der Waals surface area (Å²) < 4.78 is 15.2. The molecule has 0 N–H and O–H groups in total. The molecule has 0 spiro atoms. The molecule has 2 aromatic carbocycles. The van der Waals surface area contributed by atoms with Crippen LogP contribution in [0, 0.1) is 15.9 Å². The lowest BCUT2D eigenvalue weighted by Gasteiger charge is -2.01. The van der Waals surface area contributed by atoms with Crippen LogP contribution in [-0.2, 0) is 0 Å². The second kappa shape index (κ2) is 5.16. The van der Waals surface area contributed by atoms with Crippen molar-refractivity contribution in [1.82, 2.24) is 9.78 Å². The van der Waals surface area contributed by atoms with Crippen molar-refractivity contribution in [3.8, 4) is 16.8 Å². The number of aromatic nitrogens is 2. The standard InChI is InChI=1S/C15H10FN3O2/c16-15-7-2-1-6-14(15)11-9-17-18(10-11)12-4-3-5-13(8-12)19(20)21/h1-10H. The molecule has 0 aliphatic heterocycles. The molecule has 21 heavy (non-hydrogen) atoms. The molecule has 0 aliphatic carbocycles. The molecule has 5 nitrogen and oxygen atoms in total. The van der Waals surface area contributed by atoms with E-state index in [0.717, 1.165) is 0 Å². The fraction of sp³-hybridized carbons (Fsp3) is 0. The van der Waals surface area contributed by atoms with E-state index in [4.69, 9.17) is 0 Å². The van der Waals surface area contributed by atoms with Crippen LogP contribution >= 0.6 is 0 Å². The molecule has 0 atom stereocenters. The Kier molecular flexibility index (Phi) is 3.19. The summed E-state index contributed by atoms with van der Waals surface area (Å²) in [6, 6.07) is 12.5. The summed E-state index contributed by atoms with van der Waals surface area (Å²) in [5, 5.41) is 14.9. The zero-order chi connectivity index (χ0) is 14.8. The van der Waals surface area contributed by atoms with Gasteiger partial charge >= 0.3 is 0 Å². The van der Waals surface area contributed by atoms with Crippen LogP contribution in [0.4, 0.5) is 10.1 Å². The Morgan fingerprint density at radius 2 is 1.95 bits per heavy atom. The average Bonchev–Trinajstić information content (AvgIpc) is 2.97. The summed E-state index contributed by atoms with van der Waals surface area (Å²) in [6.07, 6.45) is 3.16. The van der Waals surface area contributed by atoms with Crippen molar-refractivity contribution in [2.45, 2.75) is 0 Å². The lowest BCUT2D eigenvalue weighted by atomic mass is 10.1. The third-order valence-electron chi connectivity index (χ3n) is 3.07. The monoisotopic (exact) mass is 283 g/mol. The van der Waals surface area contributed by atoms with Crippen LogP contribution in [0.2, 0.25) is 0 Å². The van der Waals surface area contributed by atoms with Gasteiger partial charge in [-0.2, -0.15) is 5.10 Å². The minimum atomic E-state index is -0.467. The molecule has 0 aliphatic rings. The summed E-state index contributed by atoms with van der Waals surface area (Å²) in [4.78, 5) is 10.3. The van der Waals surface area contributed by atoms with Gasteiger partial charge in [-0.05, 0) is 12.1 Å². The van der Waals surface area contributed by atoms with Crippen molar-refractivity contribution in [2.24, 2.45) is 0 Å². The summed E-state index contributed by atoms with van der Waals surface area (Å²) >= 11 is 0. The van der Waals surface area contributed by atoms with Crippen LogP contribution in [0.3, 0.4) is 0 Å². The molecule has 0 radical (unpaired) electrons. The zero-order valence-electron chi connectivity index (χ0n) is 10.8. The normalized spacial score (nSPS) is 10.5. The second-order valence-electron chi connectivity index (χ2n) is 4.43. The first-order valence-corrected chi connectivity index (χ1v) is 6.19. The van der Waals surface area contributed by atoms with Gasteiger partial charge in [0, 0.05) is 29.5 Å². The van der Waals surface area contributed by atoms with Crippen LogP contribution < -0.4 is 0 Å². The molecular weight excluding hydrogens is 273 g/mol. The zero-order valence-corrected chi connectivity index (χ0v) is 10.8. The van der Waals surface area contributed by atoms with E-state index in [1.54, 1.807) is 36.5 Å². The summed E-state index contributed by atoms with van der Waals surface area (Å²) in [5.74, 6) is -0.337. The fourth-order valence-electron chi connectivity index (χ4n) is 2.05. The van der Waals surface area contributed by atoms with Crippen LogP contribution in [0.1, 0.15) is 0 Å². The smallest absolute Gasteiger partial charge is 0.258 e. The van der Waals surface area contributed by atoms with Gasteiger partial charge < -0.3 is 0 Å². The third-order valence-corrected chi connectivity index (χ3v) is 3.07. The first-order chi connectivity index (χ1) is 10.1. The molecule has 0 unspecified atom stereocenters. The predicted octanol–water partition coefficient (Wildman–Crippen LogP) is 3.59. The van der Waals surface area contributed by atoms with Crippen molar-refractivity contribution >= 4 is 5.69 Å². The lowest BCUT2D eigenvalue weighted by molar-refractivity contribution is -0.384. The van der Waals surface area contributed by atoms with Gasteiger partial charge in [-0.15, -0.1) is 0 Å². The van der Waals surface area contributed by atoms with E-state index in [9.17, 15) is 14.5 Å². The minimum Gasteiger partial charge on any atom is -0.258 e. The lowest BCUT2D eigenvalue weighted by Crippen LogP contribution is -1.95. The van der Waals surface area contributed by atoms with E-state index in [0.29, 0.717) is 16.8 Å². The highest BCUT2D eigenvalue weighted by Gasteiger charge is 2.10. The maximum Gasteiger partial charge on any atom is 0.271 e. The molecule has 1 heterocycles. The summed E-state index contributed by atoms with van der Waals surface area (Å²) in [5.41, 5.74) is 1.58. The Hall–Kier alpha value is -3.02. The maximum absolute atomic E-state index is 13.7. The van der Waals surface area contributed by atoms with Gasteiger partial charge in [0.15, 0.2) is 0 Å². The van der Waals surface area contributed by atoms with E-state index in [2.05, 4.69) is 5.10 Å². The van der Waals surface area contributed by atoms with E-state index in [1.807, 2.05) is 0 Å². The molecule has 0 saturated carbocycles. The van der Waals surface area contributed by atoms with Crippen LogP contribution in [0.5, 0.6) is 0 Å². The molecule has 3 aromatic rings. The molecule has 0 amide bonds. The Labute approximate surface area is 119 Å². The SMILES string of the molecule is O=[N+]([O-])c1cccc(-n2cc(-c3ccccc3F)cn2)c1. The highest BCUT2D eigenvalue weighted by Crippen LogP contribution is 2.23. The molecule has 3 rings (SSSR count). The molecule has 0 saturated heterocycles. The number of hydrogen-bond donors (Lipinski definition) is 0. The van der Waals surface area contributed by atoms with Crippen LogP contribution in [0.15, 0.2) is 60.9 Å². The number of rotatable bonds is 3. The van der Waals surface area contributed by atoms with Gasteiger partial charge in [0.25, 0.3) is 5.69 Å². The number of halogens is 1. The number of hydrogen-bond acceptors (Lipinski definition) is 3. The van der Waals surface area contributed by atoms with E-state index >= 15 is 0 Å². The fourth-order valence-corrected chi connectivity index (χ4v) is 2.05. The largest absolute Gasteiger partial charge is 0.271 e. The van der Waals surface area contributed by atoms with Gasteiger partial charge in [-0.3, -0.25) is 10.1 Å². The van der Waals surface area contributed by atoms with Crippen LogP contribution in [-0.4, -0.2) is 14.7 Å². The Morgan fingerprint density at radius 3 is 2.71 bits per heavy atom. The van der Waals surface area contributed by atoms with Crippen molar-refractivity contribution in [2.75, 3.05) is 0 Å². The second-order valence-corrected chi connectivity index (χ2v) is 4.43. The topological polar surface area (TPSA) is 61.0 Å².